The second kappa shape index (κ2) is 8.33. The molecular formula is C27H20N2O2. The molecule has 1 aliphatic carbocycles. The highest BCUT2D eigenvalue weighted by molar-refractivity contribution is 5.83. The highest BCUT2D eigenvalue weighted by Gasteiger charge is 2.28. The molecule has 0 saturated carbocycles. The van der Waals surface area contributed by atoms with Gasteiger partial charge in [-0.2, -0.15) is 0 Å². The molecule has 1 N–H and O–H groups in total. The highest BCUT2D eigenvalue weighted by atomic mass is 16.5. The summed E-state index contributed by atoms with van der Waals surface area (Å²) in [5, 5.41) is 4.88. The van der Waals surface area contributed by atoms with Crippen LogP contribution in [-0.4, -0.2) is 24.2 Å². The third-order valence-electron chi connectivity index (χ3n) is 5.54. The fraction of sp³-hybridized carbons (Fsp3) is 0.111. The molecule has 0 atom stereocenters. The molecule has 0 spiro atoms. The van der Waals surface area contributed by atoms with Gasteiger partial charge in [0.05, 0.1) is 6.54 Å². The zero-order valence-corrected chi connectivity index (χ0v) is 16.8. The maximum absolute atomic E-state index is 12.2. The zero-order valence-electron chi connectivity index (χ0n) is 16.8. The number of fused-ring (bicyclic) bond motifs is 4. The van der Waals surface area contributed by atoms with E-state index in [-0.39, 0.29) is 12.5 Å². The number of amides is 1. The average Bonchev–Trinajstić information content (AvgIpc) is 3.14. The number of hydrogen-bond acceptors (Lipinski definition) is 3. The first-order valence-corrected chi connectivity index (χ1v) is 10.2. The number of aromatic nitrogens is 1. The van der Waals surface area contributed by atoms with Crippen molar-refractivity contribution in [3.8, 4) is 23.0 Å². The molecular weight excluding hydrogens is 384 g/mol. The van der Waals surface area contributed by atoms with Crippen LogP contribution in [0.5, 0.6) is 0 Å². The molecule has 1 amide bonds. The van der Waals surface area contributed by atoms with E-state index < -0.39 is 6.09 Å². The monoisotopic (exact) mass is 404 g/mol. The number of benzene rings is 3. The molecule has 4 heteroatoms. The summed E-state index contributed by atoms with van der Waals surface area (Å²) in [7, 11) is 0. The molecule has 1 aromatic heterocycles. The SMILES string of the molecule is O=C(NCC#Cc1ccc2cnccc2c1)OCC1c2ccccc2-c2ccccc21. The quantitative estimate of drug-likeness (QED) is 0.482. The Bertz CT molecular complexity index is 1290. The number of nitrogens with one attached hydrogen (secondary N) is 1. The van der Waals surface area contributed by atoms with Gasteiger partial charge >= 0.3 is 6.09 Å². The molecule has 0 fully saturated rings. The Labute approximate surface area is 180 Å². The molecule has 1 heterocycles. The van der Waals surface area contributed by atoms with Crippen molar-refractivity contribution in [3.63, 3.8) is 0 Å². The van der Waals surface area contributed by atoms with E-state index in [4.69, 9.17) is 4.74 Å². The molecule has 4 aromatic rings. The largest absolute Gasteiger partial charge is 0.449 e. The van der Waals surface area contributed by atoms with Crippen LogP contribution in [0.25, 0.3) is 21.9 Å². The second-order valence-corrected chi connectivity index (χ2v) is 7.42. The Morgan fingerprint density at radius 3 is 2.45 bits per heavy atom. The van der Waals surface area contributed by atoms with Crippen molar-refractivity contribution >= 4 is 16.9 Å². The van der Waals surface area contributed by atoms with E-state index in [1.807, 2.05) is 54.7 Å². The Balaban J connectivity index is 1.19. The van der Waals surface area contributed by atoms with Crippen LogP contribution < -0.4 is 5.32 Å². The van der Waals surface area contributed by atoms with Crippen molar-refractivity contribution in [3.05, 3.63) is 102 Å². The van der Waals surface area contributed by atoms with Crippen molar-refractivity contribution in [2.45, 2.75) is 5.92 Å². The van der Waals surface area contributed by atoms with Gasteiger partial charge in [-0.05, 0) is 45.8 Å². The fourth-order valence-corrected chi connectivity index (χ4v) is 4.07. The van der Waals surface area contributed by atoms with Gasteiger partial charge < -0.3 is 10.1 Å². The number of hydrogen-bond donors (Lipinski definition) is 1. The van der Waals surface area contributed by atoms with Crippen LogP contribution in [0, 0.1) is 11.8 Å². The van der Waals surface area contributed by atoms with Crippen LogP contribution in [0.15, 0.2) is 85.2 Å². The third-order valence-corrected chi connectivity index (χ3v) is 5.54. The van der Waals surface area contributed by atoms with Gasteiger partial charge in [-0.3, -0.25) is 4.98 Å². The number of carbonyl (C=O) groups excluding carboxylic acids is 1. The van der Waals surface area contributed by atoms with E-state index in [9.17, 15) is 4.79 Å². The first kappa shape index (κ1) is 18.9. The number of ether oxygens (including phenoxy) is 1. The lowest BCUT2D eigenvalue weighted by atomic mass is 9.98. The Morgan fingerprint density at radius 1 is 0.935 bits per heavy atom. The van der Waals surface area contributed by atoms with Crippen LogP contribution in [-0.2, 0) is 4.74 Å². The smallest absolute Gasteiger partial charge is 0.407 e. The number of pyridine rings is 1. The lowest BCUT2D eigenvalue weighted by Crippen LogP contribution is -2.26. The van der Waals surface area contributed by atoms with E-state index in [0.717, 1.165) is 16.3 Å². The lowest BCUT2D eigenvalue weighted by Gasteiger charge is -2.14. The number of rotatable bonds is 3. The van der Waals surface area contributed by atoms with E-state index in [0.29, 0.717) is 6.61 Å². The van der Waals surface area contributed by atoms with Crippen molar-refractivity contribution in [1.29, 1.82) is 0 Å². The summed E-state index contributed by atoms with van der Waals surface area (Å²) in [5.74, 6) is 6.11. The predicted molar refractivity (Wildman–Crippen MR) is 122 cm³/mol. The van der Waals surface area contributed by atoms with E-state index in [2.05, 4.69) is 46.4 Å². The minimum Gasteiger partial charge on any atom is -0.449 e. The number of alkyl carbamates (subject to hydrolysis) is 1. The summed E-state index contributed by atoms with van der Waals surface area (Å²) in [6, 6.07) is 24.5. The summed E-state index contributed by atoms with van der Waals surface area (Å²) in [5.41, 5.74) is 5.71. The summed E-state index contributed by atoms with van der Waals surface area (Å²) in [4.78, 5) is 16.3. The van der Waals surface area contributed by atoms with Gasteiger partial charge in [0.1, 0.15) is 6.61 Å². The molecule has 0 radical (unpaired) electrons. The van der Waals surface area contributed by atoms with Crippen molar-refractivity contribution < 1.29 is 9.53 Å². The van der Waals surface area contributed by atoms with E-state index in [1.165, 1.54) is 22.3 Å². The first-order valence-electron chi connectivity index (χ1n) is 10.2. The highest BCUT2D eigenvalue weighted by Crippen LogP contribution is 2.44. The molecule has 0 aliphatic heterocycles. The normalized spacial score (nSPS) is 11.9. The van der Waals surface area contributed by atoms with Crippen LogP contribution in [0.4, 0.5) is 4.79 Å². The number of carbonyl (C=O) groups is 1. The molecule has 0 bridgehead atoms. The minimum absolute atomic E-state index is 0.0522. The fourth-order valence-electron chi connectivity index (χ4n) is 4.07. The van der Waals surface area contributed by atoms with Crippen LogP contribution >= 0.6 is 0 Å². The second-order valence-electron chi connectivity index (χ2n) is 7.42. The van der Waals surface area contributed by atoms with Crippen molar-refractivity contribution in [1.82, 2.24) is 10.3 Å². The van der Waals surface area contributed by atoms with Gasteiger partial charge in [0, 0.05) is 29.3 Å². The maximum atomic E-state index is 12.2. The van der Waals surface area contributed by atoms with Crippen molar-refractivity contribution in [2.24, 2.45) is 0 Å². The van der Waals surface area contributed by atoms with Gasteiger partial charge in [-0.1, -0.05) is 66.4 Å². The van der Waals surface area contributed by atoms with Gasteiger partial charge in [0.25, 0.3) is 0 Å². The molecule has 0 saturated heterocycles. The molecule has 150 valence electrons. The number of nitrogens with zero attached hydrogens (tertiary/aromatic N) is 1. The van der Waals surface area contributed by atoms with Crippen LogP contribution in [0.2, 0.25) is 0 Å². The Kier molecular flexibility index (Phi) is 5.08. The van der Waals surface area contributed by atoms with Crippen LogP contribution in [0.3, 0.4) is 0 Å². The van der Waals surface area contributed by atoms with Gasteiger partial charge in [-0.15, -0.1) is 0 Å². The molecule has 0 unspecified atom stereocenters. The molecule has 3 aromatic carbocycles. The zero-order chi connectivity index (χ0) is 21.0. The van der Waals surface area contributed by atoms with Crippen molar-refractivity contribution in [2.75, 3.05) is 13.2 Å². The summed E-state index contributed by atoms with van der Waals surface area (Å²) >= 11 is 0. The Morgan fingerprint density at radius 2 is 1.68 bits per heavy atom. The topological polar surface area (TPSA) is 51.2 Å². The Hall–Kier alpha value is -4.10. The molecule has 5 rings (SSSR count). The maximum Gasteiger partial charge on any atom is 0.407 e. The third kappa shape index (κ3) is 3.86. The predicted octanol–water partition coefficient (Wildman–Crippen LogP) is 5.13. The van der Waals surface area contributed by atoms with Gasteiger partial charge in [-0.25, -0.2) is 4.79 Å². The molecule has 4 nitrogen and oxygen atoms in total. The van der Waals surface area contributed by atoms with Crippen LogP contribution in [0.1, 0.15) is 22.6 Å². The average molecular weight is 404 g/mol. The van der Waals surface area contributed by atoms with E-state index in [1.54, 1.807) is 6.20 Å². The van der Waals surface area contributed by atoms with Gasteiger partial charge in [0.2, 0.25) is 0 Å². The van der Waals surface area contributed by atoms with Gasteiger partial charge in [0.15, 0.2) is 0 Å². The molecule has 31 heavy (non-hydrogen) atoms. The standard InChI is InChI=1S/C27H20N2O2/c30-27(29-14-5-6-19-11-12-21-17-28-15-13-20(21)16-19)31-18-26-24-9-3-1-7-22(24)23-8-2-4-10-25(23)26/h1-4,7-13,15-17,26H,14,18H2,(H,29,30). The first-order chi connectivity index (χ1) is 15.3. The summed E-state index contributed by atoms with van der Waals surface area (Å²) in [6.45, 7) is 0.525. The summed E-state index contributed by atoms with van der Waals surface area (Å²) in [6.07, 6.45) is 3.13. The summed E-state index contributed by atoms with van der Waals surface area (Å²) < 4.78 is 5.52. The van der Waals surface area contributed by atoms with E-state index >= 15 is 0 Å². The minimum atomic E-state index is -0.458. The molecule has 1 aliphatic rings. The lowest BCUT2D eigenvalue weighted by molar-refractivity contribution is 0.144.